The molecule has 1 atom stereocenters. The number of hydrogen-bond donors (Lipinski definition) is 1. The van der Waals surface area contributed by atoms with Crippen molar-refractivity contribution in [3.8, 4) is 0 Å². The van der Waals surface area contributed by atoms with Crippen LogP contribution in [0, 0.1) is 5.92 Å². The zero-order valence-electron chi connectivity index (χ0n) is 12.6. The van der Waals surface area contributed by atoms with E-state index < -0.39 is 18.0 Å². The summed E-state index contributed by atoms with van der Waals surface area (Å²) in [6.07, 6.45) is -2.52. The van der Waals surface area contributed by atoms with Crippen molar-refractivity contribution in [2.45, 2.75) is 32.5 Å². The number of anilines is 1. The second-order valence-corrected chi connectivity index (χ2v) is 5.56. The van der Waals surface area contributed by atoms with Crippen LogP contribution in [-0.2, 0) is 6.54 Å². The Kier molecular flexibility index (Phi) is 5.06. The SMILES string of the molecule is CC(C)C(c1ccc(NCc2ccccn2)cc1)C(F)(F)F. The predicted molar refractivity (Wildman–Crippen MR) is 81.6 cm³/mol. The number of alkyl halides is 3. The molecule has 1 unspecified atom stereocenters. The summed E-state index contributed by atoms with van der Waals surface area (Å²) in [6.45, 7) is 3.71. The molecule has 22 heavy (non-hydrogen) atoms. The highest BCUT2D eigenvalue weighted by Crippen LogP contribution is 2.40. The van der Waals surface area contributed by atoms with Gasteiger partial charge in [-0.25, -0.2) is 0 Å². The minimum atomic E-state index is -4.23. The lowest BCUT2D eigenvalue weighted by molar-refractivity contribution is -0.159. The summed E-state index contributed by atoms with van der Waals surface area (Å²) in [7, 11) is 0. The number of rotatable bonds is 5. The number of nitrogens with one attached hydrogen (secondary N) is 1. The van der Waals surface area contributed by atoms with Crippen LogP contribution in [0.2, 0.25) is 0 Å². The fourth-order valence-electron chi connectivity index (χ4n) is 2.46. The minimum Gasteiger partial charge on any atom is -0.379 e. The molecular formula is C17H19F3N2. The molecule has 0 radical (unpaired) electrons. The summed E-state index contributed by atoms with van der Waals surface area (Å²) >= 11 is 0. The molecular weight excluding hydrogens is 289 g/mol. The summed E-state index contributed by atoms with van der Waals surface area (Å²) < 4.78 is 39.3. The number of benzene rings is 1. The van der Waals surface area contributed by atoms with Gasteiger partial charge in [0, 0.05) is 11.9 Å². The van der Waals surface area contributed by atoms with Crippen LogP contribution >= 0.6 is 0 Å². The zero-order chi connectivity index (χ0) is 16.2. The topological polar surface area (TPSA) is 24.9 Å². The maximum absolute atomic E-state index is 13.1. The van der Waals surface area contributed by atoms with E-state index in [1.807, 2.05) is 18.2 Å². The van der Waals surface area contributed by atoms with Crippen LogP contribution in [0.5, 0.6) is 0 Å². The second kappa shape index (κ2) is 6.81. The minimum absolute atomic E-state index is 0.297. The summed E-state index contributed by atoms with van der Waals surface area (Å²) in [5.41, 5.74) is 1.95. The van der Waals surface area contributed by atoms with Crippen LogP contribution in [0.15, 0.2) is 48.7 Å². The lowest BCUT2D eigenvalue weighted by Gasteiger charge is -2.24. The van der Waals surface area contributed by atoms with Crippen molar-refractivity contribution < 1.29 is 13.2 Å². The number of pyridine rings is 1. The molecule has 2 aromatic rings. The predicted octanol–water partition coefficient (Wildman–Crippen LogP) is 5.00. The van der Waals surface area contributed by atoms with Crippen molar-refractivity contribution in [2.75, 3.05) is 5.32 Å². The summed E-state index contributed by atoms with van der Waals surface area (Å²) in [5.74, 6) is -1.93. The molecule has 0 amide bonds. The highest BCUT2D eigenvalue weighted by Gasteiger charge is 2.42. The Labute approximate surface area is 128 Å². The van der Waals surface area contributed by atoms with Gasteiger partial charge in [0.2, 0.25) is 0 Å². The highest BCUT2D eigenvalue weighted by molar-refractivity contribution is 5.45. The van der Waals surface area contributed by atoms with E-state index in [0.29, 0.717) is 12.1 Å². The molecule has 0 spiro atoms. The number of hydrogen-bond acceptors (Lipinski definition) is 2. The maximum Gasteiger partial charge on any atom is 0.395 e. The van der Waals surface area contributed by atoms with Crippen molar-refractivity contribution in [2.24, 2.45) is 5.92 Å². The van der Waals surface area contributed by atoms with E-state index in [2.05, 4.69) is 10.3 Å². The molecule has 1 aromatic heterocycles. The Hall–Kier alpha value is -2.04. The van der Waals surface area contributed by atoms with Gasteiger partial charge in [-0.15, -0.1) is 0 Å². The quantitative estimate of drug-likeness (QED) is 0.841. The summed E-state index contributed by atoms with van der Waals surface area (Å²) in [5, 5.41) is 3.15. The van der Waals surface area contributed by atoms with E-state index in [-0.39, 0.29) is 0 Å². The van der Waals surface area contributed by atoms with E-state index in [0.717, 1.165) is 11.4 Å². The monoisotopic (exact) mass is 308 g/mol. The molecule has 0 fully saturated rings. The molecule has 5 heteroatoms. The van der Waals surface area contributed by atoms with Gasteiger partial charge in [0.05, 0.1) is 18.2 Å². The first-order chi connectivity index (χ1) is 10.4. The third kappa shape index (κ3) is 4.23. The second-order valence-electron chi connectivity index (χ2n) is 5.56. The Bertz CT molecular complexity index is 577. The van der Waals surface area contributed by atoms with Crippen LogP contribution in [-0.4, -0.2) is 11.2 Å². The van der Waals surface area contributed by atoms with Crippen molar-refractivity contribution >= 4 is 5.69 Å². The molecule has 2 nitrogen and oxygen atoms in total. The largest absolute Gasteiger partial charge is 0.395 e. The van der Waals surface area contributed by atoms with Crippen LogP contribution in [0.1, 0.15) is 31.0 Å². The summed E-state index contributed by atoms with van der Waals surface area (Å²) in [6, 6.07) is 12.1. The van der Waals surface area contributed by atoms with Gasteiger partial charge in [-0.2, -0.15) is 13.2 Å². The molecule has 0 aliphatic carbocycles. The third-order valence-electron chi connectivity index (χ3n) is 3.49. The lowest BCUT2D eigenvalue weighted by Crippen LogP contribution is -2.25. The number of halogens is 3. The molecule has 0 aliphatic rings. The molecule has 2 rings (SSSR count). The maximum atomic E-state index is 13.1. The van der Waals surface area contributed by atoms with E-state index in [1.165, 1.54) is 0 Å². The van der Waals surface area contributed by atoms with Gasteiger partial charge in [-0.05, 0) is 35.7 Å². The van der Waals surface area contributed by atoms with Gasteiger partial charge in [0.15, 0.2) is 0 Å². The standard InChI is InChI=1S/C17H19F3N2/c1-12(2)16(17(18,19)20)13-6-8-14(9-7-13)22-11-15-5-3-4-10-21-15/h3-10,12,16,22H,11H2,1-2H3. The van der Waals surface area contributed by atoms with Crippen molar-refractivity contribution in [3.05, 3.63) is 59.9 Å². The highest BCUT2D eigenvalue weighted by atomic mass is 19.4. The van der Waals surface area contributed by atoms with Gasteiger partial charge in [0.25, 0.3) is 0 Å². The van der Waals surface area contributed by atoms with Crippen LogP contribution in [0.3, 0.4) is 0 Å². The molecule has 118 valence electrons. The molecule has 1 N–H and O–H groups in total. The molecule has 1 heterocycles. The fourth-order valence-corrected chi connectivity index (χ4v) is 2.46. The van der Waals surface area contributed by atoms with Gasteiger partial charge in [-0.3, -0.25) is 4.98 Å². The normalized spacial score (nSPS) is 13.2. The smallest absolute Gasteiger partial charge is 0.379 e. The van der Waals surface area contributed by atoms with E-state index in [9.17, 15) is 13.2 Å². The first-order valence-electron chi connectivity index (χ1n) is 7.18. The van der Waals surface area contributed by atoms with Crippen molar-refractivity contribution in [3.63, 3.8) is 0 Å². The zero-order valence-corrected chi connectivity index (χ0v) is 12.6. The number of aromatic nitrogens is 1. The Balaban J connectivity index is 2.06. The lowest BCUT2D eigenvalue weighted by atomic mass is 9.88. The summed E-state index contributed by atoms with van der Waals surface area (Å²) in [4.78, 5) is 4.18. The van der Waals surface area contributed by atoms with Crippen LogP contribution in [0.4, 0.5) is 18.9 Å². The van der Waals surface area contributed by atoms with Gasteiger partial charge in [-0.1, -0.05) is 32.0 Å². The molecule has 0 saturated heterocycles. The van der Waals surface area contributed by atoms with Crippen molar-refractivity contribution in [1.29, 1.82) is 0 Å². The van der Waals surface area contributed by atoms with E-state index in [1.54, 1.807) is 44.3 Å². The Morgan fingerprint density at radius 1 is 1.05 bits per heavy atom. The Morgan fingerprint density at radius 3 is 2.23 bits per heavy atom. The average Bonchev–Trinajstić information content (AvgIpc) is 2.46. The molecule has 0 bridgehead atoms. The fraction of sp³-hybridized carbons (Fsp3) is 0.353. The first-order valence-corrected chi connectivity index (χ1v) is 7.18. The van der Waals surface area contributed by atoms with Crippen LogP contribution < -0.4 is 5.32 Å². The van der Waals surface area contributed by atoms with Gasteiger partial charge in [0.1, 0.15) is 0 Å². The molecule has 0 aliphatic heterocycles. The van der Waals surface area contributed by atoms with Crippen molar-refractivity contribution in [1.82, 2.24) is 4.98 Å². The average molecular weight is 308 g/mol. The number of nitrogens with zero attached hydrogens (tertiary/aromatic N) is 1. The molecule has 0 saturated carbocycles. The van der Waals surface area contributed by atoms with E-state index in [4.69, 9.17) is 0 Å². The van der Waals surface area contributed by atoms with Gasteiger partial charge >= 0.3 is 6.18 Å². The van der Waals surface area contributed by atoms with Crippen LogP contribution in [0.25, 0.3) is 0 Å². The van der Waals surface area contributed by atoms with E-state index >= 15 is 0 Å². The third-order valence-corrected chi connectivity index (χ3v) is 3.49. The Morgan fingerprint density at radius 2 is 1.73 bits per heavy atom. The molecule has 1 aromatic carbocycles. The van der Waals surface area contributed by atoms with Gasteiger partial charge < -0.3 is 5.32 Å². The first kappa shape index (κ1) is 16.3.